The second kappa shape index (κ2) is 13.9. The van der Waals surface area contributed by atoms with E-state index in [4.69, 9.17) is 4.99 Å². The fourth-order valence-electron chi connectivity index (χ4n) is 8.71. The maximum absolute atomic E-state index is 5.51. The highest BCUT2D eigenvalue weighted by Crippen LogP contribution is 2.56. The molecule has 2 heterocycles. The zero-order chi connectivity index (χ0) is 36.0. The number of hydrogen-bond donors (Lipinski definition) is 1. The van der Waals surface area contributed by atoms with Gasteiger partial charge >= 0.3 is 0 Å². The highest BCUT2D eigenvalue weighted by molar-refractivity contribution is 8.00. The van der Waals surface area contributed by atoms with E-state index in [0.29, 0.717) is 0 Å². The molecule has 2 aliphatic heterocycles. The van der Waals surface area contributed by atoms with Gasteiger partial charge in [-0.1, -0.05) is 152 Å². The van der Waals surface area contributed by atoms with E-state index in [9.17, 15) is 0 Å². The molecule has 0 saturated carbocycles. The molecule has 0 saturated heterocycles. The SMILES string of the molecule is CN1C(C2=CC=CC3c4c(cc(-c5cc(-c6ccccc6)cc(-c6ccccc6)c5)c5ccccc45)SC23)N=C(C2=CCCC=C2)NC1c1ccccc1. The number of likely N-dealkylation sites (N-methyl/N-ethyl adjacent to an activating group) is 1. The van der Waals surface area contributed by atoms with Crippen LogP contribution in [0.3, 0.4) is 0 Å². The van der Waals surface area contributed by atoms with E-state index < -0.39 is 0 Å². The standard InChI is InChI=1S/C50H41N3S/c1-53-49(36-23-12-5-13-24-36)51-48(35-21-10-4-11-22-35)52-50(53)43-28-16-27-42-46-41-26-15-14-25-40(41)44(32-45(46)54-47(42)43)39-30-37(33-17-6-2-7-18-33)29-38(31-39)34-19-8-3-9-20-34/h2-3,5-10,12-32,42,47,49-50H,4,11H2,1H3,(H,51,52). The zero-order valence-electron chi connectivity index (χ0n) is 30.3. The van der Waals surface area contributed by atoms with E-state index in [1.807, 2.05) is 11.8 Å². The van der Waals surface area contributed by atoms with Gasteiger partial charge in [0.15, 0.2) is 0 Å². The summed E-state index contributed by atoms with van der Waals surface area (Å²) < 4.78 is 0. The summed E-state index contributed by atoms with van der Waals surface area (Å²) in [6.07, 6.45) is 15.9. The molecular weight excluding hydrogens is 675 g/mol. The lowest BCUT2D eigenvalue weighted by Gasteiger charge is -2.42. The maximum atomic E-state index is 5.51. The molecule has 10 rings (SSSR count). The van der Waals surface area contributed by atoms with Crippen molar-refractivity contribution in [3.8, 4) is 33.4 Å². The van der Waals surface area contributed by atoms with Gasteiger partial charge in [-0.2, -0.15) is 0 Å². The van der Waals surface area contributed by atoms with Gasteiger partial charge in [-0.25, -0.2) is 4.99 Å². The first kappa shape index (κ1) is 32.9. The molecule has 6 aromatic rings. The average molecular weight is 716 g/mol. The Hall–Kier alpha value is -5.68. The second-order valence-electron chi connectivity index (χ2n) is 14.6. The molecule has 4 unspecified atom stereocenters. The maximum Gasteiger partial charge on any atom is 0.131 e. The molecule has 0 aromatic heterocycles. The fourth-order valence-corrected chi connectivity index (χ4v) is 10.3. The van der Waals surface area contributed by atoms with E-state index >= 15 is 0 Å². The average Bonchev–Trinajstić information content (AvgIpc) is 3.64. The molecule has 1 N–H and O–H groups in total. The van der Waals surface area contributed by atoms with Gasteiger partial charge in [0.2, 0.25) is 0 Å². The first-order valence-electron chi connectivity index (χ1n) is 19.0. The minimum atomic E-state index is -0.108. The van der Waals surface area contributed by atoms with Gasteiger partial charge in [0, 0.05) is 21.6 Å². The van der Waals surface area contributed by atoms with E-state index in [2.05, 4.69) is 193 Å². The molecule has 0 amide bonds. The minimum absolute atomic E-state index is 0.00194. The Morgan fingerprint density at radius 2 is 1.33 bits per heavy atom. The Kier molecular flexibility index (Phi) is 8.51. The Morgan fingerprint density at radius 3 is 2.02 bits per heavy atom. The van der Waals surface area contributed by atoms with Gasteiger partial charge in [-0.15, -0.1) is 11.8 Å². The summed E-state index contributed by atoms with van der Waals surface area (Å²) in [7, 11) is 2.22. The summed E-state index contributed by atoms with van der Waals surface area (Å²) in [5.41, 5.74) is 12.6. The van der Waals surface area contributed by atoms with Gasteiger partial charge in [0.25, 0.3) is 0 Å². The number of allylic oxidation sites excluding steroid dienone is 5. The number of amidine groups is 1. The van der Waals surface area contributed by atoms with Crippen molar-refractivity contribution >= 4 is 28.4 Å². The predicted octanol–water partition coefficient (Wildman–Crippen LogP) is 12.1. The van der Waals surface area contributed by atoms with Crippen molar-refractivity contribution in [2.24, 2.45) is 4.99 Å². The highest BCUT2D eigenvalue weighted by Gasteiger charge is 2.43. The summed E-state index contributed by atoms with van der Waals surface area (Å²) >= 11 is 2.02. The molecule has 0 spiro atoms. The number of thioether (sulfide) groups is 1. The molecule has 6 aromatic carbocycles. The van der Waals surface area contributed by atoms with Gasteiger partial charge in [-0.3, -0.25) is 4.90 Å². The summed E-state index contributed by atoms with van der Waals surface area (Å²) in [5.74, 6) is 1.24. The first-order valence-corrected chi connectivity index (χ1v) is 19.9. The summed E-state index contributed by atoms with van der Waals surface area (Å²) in [4.78, 5) is 9.29. The number of benzene rings is 6. The Bertz CT molecular complexity index is 2470. The van der Waals surface area contributed by atoms with Crippen LogP contribution in [0.4, 0.5) is 0 Å². The van der Waals surface area contributed by atoms with Crippen molar-refractivity contribution in [3.63, 3.8) is 0 Å². The minimum Gasteiger partial charge on any atom is -0.350 e. The lowest BCUT2D eigenvalue weighted by molar-refractivity contribution is 0.170. The summed E-state index contributed by atoms with van der Waals surface area (Å²) in [5, 5.41) is 6.69. The number of hydrogen-bond acceptors (Lipinski definition) is 4. The number of nitrogens with one attached hydrogen (secondary N) is 1. The van der Waals surface area contributed by atoms with Gasteiger partial charge < -0.3 is 5.32 Å². The number of fused-ring (bicyclic) bond motifs is 5. The molecule has 4 atom stereocenters. The molecular formula is C50H41N3S. The number of rotatable bonds is 6. The molecule has 262 valence electrons. The Morgan fingerprint density at radius 1 is 0.685 bits per heavy atom. The van der Waals surface area contributed by atoms with Crippen molar-refractivity contribution in [3.05, 3.63) is 198 Å². The lowest BCUT2D eigenvalue weighted by atomic mass is 9.82. The summed E-state index contributed by atoms with van der Waals surface area (Å²) in [6.45, 7) is 0. The van der Waals surface area contributed by atoms with Crippen LogP contribution in [0.25, 0.3) is 44.2 Å². The van der Waals surface area contributed by atoms with E-state index in [-0.39, 0.29) is 23.5 Å². The molecule has 4 aliphatic rings. The van der Waals surface area contributed by atoms with Crippen LogP contribution in [0.15, 0.2) is 197 Å². The van der Waals surface area contributed by atoms with Crippen LogP contribution in [0.5, 0.6) is 0 Å². The smallest absolute Gasteiger partial charge is 0.131 e. The van der Waals surface area contributed by atoms with Crippen molar-refractivity contribution in [2.45, 2.75) is 41.2 Å². The molecule has 54 heavy (non-hydrogen) atoms. The van der Waals surface area contributed by atoms with E-state index in [0.717, 1.165) is 18.7 Å². The highest BCUT2D eigenvalue weighted by atomic mass is 32.2. The molecule has 3 nitrogen and oxygen atoms in total. The van der Waals surface area contributed by atoms with E-state index in [1.165, 1.54) is 71.3 Å². The zero-order valence-corrected chi connectivity index (χ0v) is 31.1. The topological polar surface area (TPSA) is 27.6 Å². The molecule has 4 heteroatoms. The Labute approximate surface area is 322 Å². The fraction of sp³-hybridized carbons (Fsp3) is 0.140. The van der Waals surface area contributed by atoms with Crippen molar-refractivity contribution in [1.82, 2.24) is 10.2 Å². The first-order chi connectivity index (χ1) is 26.7. The molecule has 2 aliphatic carbocycles. The van der Waals surface area contributed by atoms with Crippen LogP contribution in [0, 0.1) is 0 Å². The molecule has 0 fully saturated rings. The van der Waals surface area contributed by atoms with Crippen LogP contribution < -0.4 is 5.32 Å². The van der Waals surface area contributed by atoms with Crippen LogP contribution in [0.1, 0.15) is 36.1 Å². The van der Waals surface area contributed by atoms with Gasteiger partial charge in [-0.05, 0) is 105 Å². The lowest BCUT2D eigenvalue weighted by Crippen LogP contribution is -2.51. The van der Waals surface area contributed by atoms with Crippen LogP contribution in [0.2, 0.25) is 0 Å². The van der Waals surface area contributed by atoms with Gasteiger partial charge in [0.1, 0.15) is 18.2 Å². The van der Waals surface area contributed by atoms with Crippen LogP contribution in [-0.4, -0.2) is 29.2 Å². The van der Waals surface area contributed by atoms with Crippen molar-refractivity contribution < 1.29 is 0 Å². The monoisotopic (exact) mass is 715 g/mol. The third-order valence-corrected chi connectivity index (χ3v) is 12.8. The quantitative estimate of drug-likeness (QED) is 0.186. The summed E-state index contributed by atoms with van der Waals surface area (Å²) in [6, 6.07) is 51.0. The molecule has 0 bridgehead atoms. The predicted molar refractivity (Wildman–Crippen MR) is 228 cm³/mol. The third-order valence-electron chi connectivity index (χ3n) is 11.4. The second-order valence-corrected chi connectivity index (χ2v) is 15.8. The molecule has 0 radical (unpaired) electrons. The third kappa shape index (κ3) is 5.87. The Balaban J connectivity index is 1.09. The largest absolute Gasteiger partial charge is 0.350 e. The van der Waals surface area contributed by atoms with Gasteiger partial charge in [0.05, 0.1) is 0 Å². The van der Waals surface area contributed by atoms with Crippen LogP contribution >= 0.6 is 11.8 Å². The van der Waals surface area contributed by atoms with Crippen molar-refractivity contribution in [2.75, 3.05) is 7.05 Å². The van der Waals surface area contributed by atoms with E-state index in [1.54, 1.807) is 0 Å². The number of aliphatic imine (C=N–C) groups is 1. The normalized spacial score (nSPS) is 21.8. The van der Waals surface area contributed by atoms with Crippen molar-refractivity contribution in [1.29, 1.82) is 0 Å². The number of nitrogens with zero attached hydrogens (tertiary/aromatic N) is 2. The van der Waals surface area contributed by atoms with Crippen LogP contribution in [-0.2, 0) is 0 Å².